The fraction of sp³-hybridized carbons (Fsp3) is 0.438. The Morgan fingerprint density at radius 3 is 2.42 bits per heavy atom. The molecule has 1 aromatic carbocycles. The number of aliphatic hydroxyl groups is 1. The molecule has 2 rings (SSSR count). The summed E-state index contributed by atoms with van der Waals surface area (Å²) in [7, 11) is 0. The van der Waals surface area contributed by atoms with Gasteiger partial charge in [0.2, 0.25) is 0 Å². The third-order valence-electron chi connectivity index (χ3n) is 3.43. The Balaban J connectivity index is 2.48. The maximum atomic E-state index is 10.9. The molecule has 0 fully saturated rings. The summed E-state index contributed by atoms with van der Waals surface area (Å²) in [5, 5.41) is 15.2. The molecule has 1 aromatic heterocycles. The van der Waals surface area contributed by atoms with Gasteiger partial charge in [0.1, 0.15) is 5.60 Å². The van der Waals surface area contributed by atoms with Gasteiger partial charge in [-0.05, 0) is 38.8 Å². The highest BCUT2D eigenvalue weighted by Gasteiger charge is 2.29. The third kappa shape index (κ3) is 2.71. The molecule has 0 saturated heterocycles. The van der Waals surface area contributed by atoms with Gasteiger partial charge in [-0.1, -0.05) is 36.2 Å². The SMILES string of the molecule is CCCn1nccc1C(C)(O)c1cc(C)cc(C)c1. The summed E-state index contributed by atoms with van der Waals surface area (Å²) in [5.41, 5.74) is 3.08. The first-order valence-corrected chi connectivity index (χ1v) is 6.78. The molecule has 0 bridgehead atoms. The van der Waals surface area contributed by atoms with Gasteiger partial charge in [0.25, 0.3) is 0 Å². The number of benzene rings is 1. The number of aromatic nitrogens is 2. The van der Waals surface area contributed by atoms with Gasteiger partial charge in [-0.15, -0.1) is 0 Å². The minimum absolute atomic E-state index is 0.823. The average molecular weight is 258 g/mol. The van der Waals surface area contributed by atoms with Crippen molar-refractivity contribution >= 4 is 0 Å². The first kappa shape index (κ1) is 13.8. The summed E-state index contributed by atoms with van der Waals surface area (Å²) < 4.78 is 1.89. The predicted octanol–water partition coefficient (Wildman–Crippen LogP) is 3.17. The minimum atomic E-state index is -1.01. The highest BCUT2D eigenvalue weighted by Crippen LogP contribution is 2.30. The zero-order chi connectivity index (χ0) is 14.0. The molecule has 1 atom stereocenters. The van der Waals surface area contributed by atoms with Gasteiger partial charge in [-0.25, -0.2) is 0 Å². The lowest BCUT2D eigenvalue weighted by molar-refractivity contribution is 0.0913. The Labute approximate surface area is 114 Å². The Morgan fingerprint density at radius 1 is 1.21 bits per heavy atom. The molecule has 1 heterocycles. The van der Waals surface area contributed by atoms with Crippen molar-refractivity contribution in [2.75, 3.05) is 0 Å². The van der Waals surface area contributed by atoms with Crippen LogP contribution in [0.1, 0.15) is 42.7 Å². The molecule has 0 spiro atoms. The molecule has 0 saturated carbocycles. The first-order valence-electron chi connectivity index (χ1n) is 6.78. The van der Waals surface area contributed by atoms with Crippen molar-refractivity contribution in [3.63, 3.8) is 0 Å². The van der Waals surface area contributed by atoms with Gasteiger partial charge in [-0.3, -0.25) is 4.68 Å². The van der Waals surface area contributed by atoms with E-state index >= 15 is 0 Å². The summed E-state index contributed by atoms with van der Waals surface area (Å²) in [5.74, 6) is 0. The molecule has 19 heavy (non-hydrogen) atoms. The number of hydrogen-bond donors (Lipinski definition) is 1. The van der Waals surface area contributed by atoms with Crippen LogP contribution >= 0.6 is 0 Å². The Kier molecular flexibility index (Phi) is 3.76. The summed E-state index contributed by atoms with van der Waals surface area (Å²) in [6.45, 7) is 8.87. The standard InChI is InChI=1S/C16H22N2O/c1-5-8-18-15(6-7-17-18)16(4,19)14-10-12(2)9-13(3)11-14/h6-7,9-11,19H,5,8H2,1-4H3. The fourth-order valence-electron chi connectivity index (χ4n) is 2.54. The van der Waals surface area contributed by atoms with Crippen LogP contribution in [0.15, 0.2) is 30.5 Å². The second-order valence-corrected chi connectivity index (χ2v) is 5.39. The zero-order valence-corrected chi connectivity index (χ0v) is 12.1. The van der Waals surface area contributed by atoms with Gasteiger partial charge in [0.15, 0.2) is 0 Å². The van der Waals surface area contributed by atoms with E-state index < -0.39 is 5.60 Å². The Morgan fingerprint density at radius 2 is 1.84 bits per heavy atom. The number of aryl methyl sites for hydroxylation is 3. The van der Waals surface area contributed by atoms with E-state index in [0.717, 1.165) is 35.3 Å². The molecular formula is C16H22N2O. The van der Waals surface area contributed by atoms with E-state index in [2.05, 4.69) is 31.9 Å². The molecule has 102 valence electrons. The lowest BCUT2D eigenvalue weighted by atomic mass is 9.90. The summed E-state index contributed by atoms with van der Waals surface area (Å²) in [6.07, 6.45) is 2.75. The normalized spacial score (nSPS) is 14.4. The van der Waals surface area contributed by atoms with Gasteiger partial charge in [0, 0.05) is 12.7 Å². The second-order valence-electron chi connectivity index (χ2n) is 5.39. The van der Waals surface area contributed by atoms with Gasteiger partial charge in [0.05, 0.1) is 5.69 Å². The largest absolute Gasteiger partial charge is 0.379 e. The molecule has 0 amide bonds. The molecule has 1 unspecified atom stereocenters. The third-order valence-corrected chi connectivity index (χ3v) is 3.43. The second kappa shape index (κ2) is 5.17. The van der Waals surface area contributed by atoms with Crippen molar-refractivity contribution in [1.82, 2.24) is 9.78 Å². The molecule has 0 aliphatic rings. The van der Waals surface area contributed by atoms with Crippen molar-refractivity contribution in [1.29, 1.82) is 0 Å². The highest BCUT2D eigenvalue weighted by molar-refractivity contribution is 5.37. The van der Waals surface area contributed by atoms with Gasteiger partial charge < -0.3 is 5.11 Å². The summed E-state index contributed by atoms with van der Waals surface area (Å²) in [4.78, 5) is 0. The van der Waals surface area contributed by atoms with E-state index in [4.69, 9.17) is 0 Å². The van der Waals surface area contributed by atoms with Crippen molar-refractivity contribution in [3.05, 3.63) is 52.8 Å². The van der Waals surface area contributed by atoms with Gasteiger partial charge in [-0.2, -0.15) is 5.10 Å². The van der Waals surface area contributed by atoms with Crippen LogP contribution in [0.4, 0.5) is 0 Å². The van der Waals surface area contributed by atoms with Crippen LogP contribution in [0.2, 0.25) is 0 Å². The van der Waals surface area contributed by atoms with Crippen molar-refractivity contribution in [3.8, 4) is 0 Å². The van der Waals surface area contributed by atoms with Crippen LogP contribution in [0.5, 0.6) is 0 Å². The summed E-state index contributed by atoms with van der Waals surface area (Å²) >= 11 is 0. The average Bonchev–Trinajstić information content (AvgIpc) is 2.77. The molecule has 0 aliphatic carbocycles. The van der Waals surface area contributed by atoms with Crippen LogP contribution in [0, 0.1) is 13.8 Å². The maximum absolute atomic E-state index is 10.9. The monoisotopic (exact) mass is 258 g/mol. The minimum Gasteiger partial charge on any atom is -0.379 e. The number of hydrogen-bond acceptors (Lipinski definition) is 2. The van der Waals surface area contributed by atoms with E-state index in [9.17, 15) is 5.11 Å². The van der Waals surface area contributed by atoms with E-state index in [0.29, 0.717) is 0 Å². The quantitative estimate of drug-likeness (QED) is 0.914. The molecule has 0 radical (unpaired) electrons. The maximum Gasteiger partial charge on any atom is 0.128 e. The number of nitrogens with zero attached hydrogens (tertiary/aromatic N) is 2. The van der Waals surface area contributed by atoms with E-state index in [-0.39, 0.29) is 0 Å². The van der Waals surface area contributed by atoms with Crippen LogP contribution in [0.3, 0.4) is 0 Å². The number of rotatable bonds is 4. The molecule has 0 aliphatic heterocycles. The Bertz CT molecular complexity index is 550. The topological polar surface area (TPSA) is 38.0 Å². The van der Waals surface area contributed by atoms with Crippen molar-refractivity contribution < 1.29 is 5.11 Å². The van der Waals surface area contributed by atoms with E-state index in [1.807, 2.05) is 29.8 Å². The first-order chi connectivity index (χ1) is 8.95. The molecular weight excluding hydrogens is 236 g/mol. The highest BCUT2D eigenvalue weighted by atomic mass is 16.3. The van der Waals surface area contributed by atoms with E-state index in [1.165, 1.54) is 0 Å². The predicted molar refractivity (Wildman–Crippen MR) is 77.1 cm³/mol. The van der Waals surface area contributed by atoms with Gasteiger partial charge >= 0.3 is 0 Å². The van der Waals surface area contributed by atoms with Crippen molar-refractivity contribution in [2.24, 2.45) is 0 Å². The summed E-state index contributed by atoms with van der Waals surface area (Å²) in [6, 6.07) is 8.09. The van der Waals surface area contributed by atoms with Crippen molar-refractivity contribution in [2.45, 2.75) is 46.3 Å². The van der Waals surface area contributed by atoms with Crippen LogP contribution in [-0.2, 0) is 12.1 Å². The zero-order valence-electron chi connectivity index (χ0n) is 12.1. The van der Waals surface area contributed by atoms with Crippen LogP contribution in [-0.4, -0.2) is 14.9 Å². The molecule has 3 heteroatoms. The Hall–Kier alpha value is -1.61. The van der Waals surface area contributed by atoms with E-state index in [1.54, 1.807) is 6.20 Å². The molecule has 3 nitrogen and oxygen atoms in total. The molecule has 1 N–H and O–H groups in total. The molecule has 2 aromatic rings. The van der Waals surface area contributed by atoms with Crippen LogP contribution < -0.4 is 0 Å². The lowest BCUT2D eigenvalue weighted by Gasteiger charge is -2.26. The lowest BCUT2D eigenvalue weighted by Crippen LogP contribution is -2.27. The fourth-order valence-corrected chi connectivity index (χ4v) is 2.54. The van der Waals surface area contributed by atoms with Crippen LogP contribution in [0.25, 0.3) is 0 Å². The smallest absolute Gasteiger partial charge is 0.128 e.